The summed E-state index contributed by atoms with van der Waals surface area (Å²) < 4.78 is 0. The molecule has 1 atom stereocenters. The Hall–Kier alpha value is -3.05. The van der Waals surface area contributed by atoms with Crippen LogP contribution in [0.3, 0.4) is 0 Å². The minimum atomic E-state index is -0.546. The molecule has 0 fully saturated rings. The summed E-state index contributed by atoms with van der Waals surface area (Å²) in [5, 5.41) is 17.8. The Balaban J connectivity index is 2.18. The van der Waals surface area contributed by atoms with Gasteiger partial charge in [0.05, 0.1) is 17.8 Å². The number of thioether (sulfide) groups is 1. The average molecular weight is 425 g/mol. The van der Waals surface area contributed by atoms with Gasteiger partial charge in [-0.3, -0.25) is 15.1 Å². The number of nitrogens with one attached hydrogen (secondary N) is 3. The number of hydrogen-bond donors (Lipinski definition) is 3. The van der Waals surface area contributed by atoms with Crippen molar-refractivity contribution in [2.24, 2.45) is 10.4 Å². The lowest BCUT2D eigenvalue weighted by Crippen LogP contribution is -2.45. The van der Waals surface area contributed by atoms with E-state index in [0.29, 0.717) is 0 Å². The van der Waals surface area contributed by atoms with E-state index in [1.807, 2.05) is 70.5 Å². The summed E-state index contributed by atoms with van der Waals surface area (Å²) in [7, 11) is 0. The molecule has 3 N–H and O–H groups in total. The highest BCUT2D eigenvalue weighted by molar-refractivity contribution is 7.98. The zero-order valence-corrected chi connectivity index (χ0v) is 18.8. The van der Waals surface area contributed by atoms with E-state index in [4.69, 9.17) is 5.26 Å². The van der Waals surface area contributed by atoms with Crippen LogP contribution in [-0.4, -0.2) is 29.3 Å². The molecular weight excluding hydrogens is 396 g/mol. The van der Waals surface area contributed by atoms with Crippen LogP contribution in [0.2, 0.25) is 0 Å². The number of amides is 1. The van der Waals surface area contributed by atoms with Crippen LogP contribution in [0.1, 0.15) is 32.0 Å². The van der Waals surface area contributed by atoms with Gasteiger partial charge in [-0.15, -0.1) is 11.8 Å². The number of carbonyl (C=O) groups is 1. The summed E-state index contributed by atoms with van der Waals surface area (Å²) >= 11 is 1.66. The zero-order valence-electron chi connectivity index (χ0n) is 18.0. The Morgan fingerprint density at radius 1 is 1.27 bits per heavy atom. The van der Waals surface area contributed by atoms with Crippen LogP contribution >= 0.6 is 11.8 Å². The highest BCUT2D eigenvalue weighted by atomic mass is 32.2. The molecule has 2 aromatic rings. The average Bonchev–Trinajstić information content (AvgIpc) is 2.69. The number of aliphatic imine (C=N–C) groups is 1. The first-order chi connectivity index (χ1) is 14.2. The van der Waals surface area contributed by atoms with Gasteiger partial charge in [-0.25, -0.2) is 4.99 Å². The van der Waals surface area contributed by atoms with E-state index >= 15 is 0 Å². The molecule has 1 unspecified atom stereocenters. The van der Waals surface area contributed by atoms with Crippen LogP contribution in [0.5, 0.6) is 0 Å². The molecule has 1 aromatic carbocycles. The molecule has 0 radical (unpaired) electrons. The monoisotopic (exact) mass is 424 g/mol. The molecule has 0 aliphatic carbocycles. The summed E-state index contributed by atoms with van der Waals surface area (Å²) in [6.07, 6.45) is 5.31. The van der Waals surface area contributed by atoms with Gasteiger partial charge in [-0.2, -0.15) is 5.26 Å². The molecule has 8 heteroatoms. The maximum absolute atomic E-state index is 12.7. The van der Waals surface area contributed by atoms with Crippen LogP contribution in [0.15, 0.2) is 52.5 Å². The lowest BCUT2D eigenvalue weighted by atomic mass is 9.92. The Kier molecular flexibility index (Phi) is 8.25. The van der Waals surface area contributed by atoms with Gasteiger partial charge in [0.2, 0.25) is 11.9 Å². The molecule has 158 valence electrons. The summed E-state index contributed by atoms with van der Waals surface area (Å²) in [5.74, 6) is 0.114. The Morgan fingerprint density at radius 3 is 2.53 bits per heavy atom. The largest absolute Gasteiger partial charge is 0.333 e. The third-order valence-corrected chi connectivity index (χ3v) is 5.08. The van der Waals surface area contributed by atoms with Crippen LogP contribution < -0.4 is 16.0 Å². The van der Waals surface area contributed by atoms with Gasteiger partial charge >= 0.3 is 0 Å². The van der Waals surface area contributed by atoms with E-state index in [-0.39, 0.29) is 23.7 Å². The molecule has 0 aliphatic rings. The Labute approximate surface area is 182 Å². The van der Waals surface area contributed by atoms with E-state index in [0.717, 1.165) is 21.8 Å². The minimum Gasteiger partial charge on any atom is -0.333 e. The smallest absolute Gasteiger partial charge is 0.226 e. The number of rotatable bonds is 6. The van der Waals surface area contributed by atoms with Crippen LogP contribution in [0, 0.1) is 23.8 Å². The molecule has 0 bridgehead atoms. The number of guanidine groups is 1. The summed E-state index contributed by atoms with van der Waals surface area (Å²) in [5.41, 5.74) is 2.06. The first-order valence-corrected chi connectivity index (χ1v) is 10.8. The van der Waals surface area contributed by atoms with Gasteiger partial charge in [0.1, 0.15) is 6.17 Å². The Morgan fingerprint density at radius 2 is 1.97 bits per heavy atom. The second kappa shape index (κ2) is 10.6. The second-order valence-electron chi connectivity index (χ2n) is 7.84. The lowest BCUT2D eigenvalue weighted by Gasteiger charge is -2.29. The van der Waals surface area contributed by atoms with E-state index in [1.54, 1.807) is 24.0 Å². The minimum absolute atomic E-state index is 0.135. The first-order valence-electron chi connectivity index (χ1n) is 9.56. The van der Waals surface area contributed by atoms with Crippen molar-refractivity contribution < 1.29 is 4.79 Å². The van der Waals surface area contributed by atoms with Gasteiger partial charge in [-0.05, 0) is 43.0 Å². The van der Waals surface area contributed by atoms with Crippen molar-refractivity contribution in [1.29, 1.82) is 5.26 Å². The van der Waals surface area contributed by atoms with Crippen LogP contribution in [0.25, 0.3) is 0 Å². The van der Waals surface area contributed by atoms with E-state index in [9.17, 15) is 4.79 Å². The standard InChI is InChI=1S/C22H28N6OS/c1-15-18(7-6-12-24-15)26-21(25-14-23)28-20(22(2,3)4)27-19(29)13-16-8-10-17(30-5)11-9-16/h6-12,20H,13H2,1-5H3,(H,27,29)(H2,25,26,28). The number of nitrogens with zero attached hydrogens (tertiary/aromatic N) is 3. The SMILES string of the molecule is CSc1ccc(CC(=O)NC(N=C(NC#N)Nc2cccnc2C)C(C)(C)C)cc1. The number of anilines is 1. The van der Waals surface area contributed by atoms with E-state index in [1.165, 1.54) is 0 Å². The molecule has 0 spiro atoms. The third kappa shape index (κ3) is 7.08. The van der Waals surface area contributed by atoms with Crippen LogP contribution in [0.4, 0.5) is 5.69 Å². The Bertz CT molecular complexity index is 928. The number of nitriles is 1. The molecule has 1 heterocycles. The van der Waals surface area contributed by atoms with Gasteiger partial charge in [0, 0.05) is 16.5 Å². The van der Waals surface area contributed by atoms with Crippen molar-refractivity contribution in [3.05, 3.63) is 53.9 Å². The number of carbonyl (C=O) groups excluding carboxylic acids is 1. The fourth-order valence-electron chi connectivity index (χ4n) is 2.60. The van der Waals surface area contributed by atoms with Gasteiger partial charge in [0.15, 0.2) is 6.19 Å². The fraction of sp³-hybridized carbons (Fsp3) is 0.364. The van der Waals surface area contributed by atoms with E-state index in [2.05, 4.69) is 25.9 Å². The van der Waals surface area contributed by atoms with E-state index < -0.39 is 6.17 Å². The van der Waals surface area contributed by atoms with Gasteiger partial charge < -0.3 is 10.6 Å². The van der Waals surface area contributed by atoms with Crippen molar-refractivity contribution >= 4 is 29.3 Å². The predicted octanol–water partition coefficient (Wildman–Crippen LogP) is 3.68. The molecular formula is C22H28N6OS. The van der Waals surface area contributed by atoms with Crippen molar-refractivity contribution in [3.63, 3.8) is 0 Å². The number of pyridine rings is 1. The normalized spacial score (nSPS) is 12.6. The highest BCUT2D eigenvalue weighted by Crippen LogP contribution is 2.21. The van der Waals surface area contributed by atoms with Crippen LogP contribution in [-0.2, 0) is 11.2 Å². The molecule has 1 amide bonds. The fourth-order valence-corrected chi connectivity index (χ4v) is 3.00. The number of aryl methyl sites for hydroxylation is 1. The first kappa shape index (κ1) is 23.2. The summed E-state index contributed by atoms with van der Waals surface area (Å²) in [6.45, 7) is 7.80. The molecule has 0 saturated carbocycles. The summed E-state index contributed by atoms with van der Waals surface area (Å²) in [6, 6.07) is 11.6. The molecule has 0 aliphatic heterocycles. The molecule has 0 saturated heterocycles. The predicted molar refractivity (Wildman–Crippen MR) is 122 cm³/mol. The summed E-state index contributed by atoms with van der Waals surface area (Å²) in [4.78, 5) is 22.6. The lowest BCUT2D eigenvalue weighted by molar-refractivity contribution is -0.121. The number of benzene rings is 1. The quantitative estimate of drug-likeness (QED) is 0.215. The van der Waals surface area contributed by atoms with Crippen molar-refractivity contribution in [1.82, 2.24) is 15.6 Å². The van der Waals surface area contributed by atoms with Gasteiger partial charge in [0.25, 0.3) is 0 Å². The topological polar surface area (TPSA) is 102 Å². The van der Waals surface area contributed by atoms with Gasteiger partial charge in [-0.1, -0.05) is 32.9 Å². The maximum Gasteiger partial charge on any atom is 0.226 e. The highest BCUT2D eigenvalue weighted by Gasteiger charge is 2.26. The molecule has 30 heavy (non-hydrogen) atoms. The molecule has 2 rings (SSSR count). The van der Waals surface area contributed by atoms with Crippen molar-refractivity contribution in [2.45, 2.75) is 45.2 Å². The zero-order chi connectivity index (χ0) is 22.1. The molecule has 1 aromatic heterocycles. The number of aromatic nitrogens is 1. The second-order valence-corrected chi connectivity index (χ2v) is 8.72. The third-order valence-electron chi connectivity index (χ3n) is 4.33. The maximum atomic E-state index is 12.7. The van der Waals surface area contributed by atoms with Crippen molar-refractivity contribution in [3.8, 4) is 6.19 Å². The van der Waals surface area contributed by atoms with Crippen molar-refractivity contribution in [2.75, 3.05) is 11.6 Å². The molecule has 7 nitrogen and oxygen atoms in total. The number of hydrogen-bond acceptors (Lipinski definition) is 5.